The lowest BCUT2D eigenvalue weighted by Crippen LogP contribution is -1.98. The molecule has 2 rings (SSSR count). The average Bonchev–Trinajstić information content (AvgIpc) is 2.30. The van der Waals surface area contributed by atoms with Crippen LogP contribution in [-0.2, 0) is 4.57 Å². The van der Waals surface area contributed by atoms with Gasteiger partial charge in [0.25, 0.3) is 0 Å². The molecule has 0 amide bonds. The molecular formula is C12H10NO2P. The SMILES string of the molecule is O=[P+]([O-])Nc1ccccc1-c1ccccc1. The van der Waals surface area contributed by atoms with Crippen LogP contribution in [0.4, 0.5) is 5.69 Å². The maximum atomic E-state index is 10.7. The van der Waals surface area contributed by atoms with E-state index in [-0.39, 0.29) is 0 Å². The van der Waals surface area contributed by atoms with E-state index in [4.69, 9.17) is 0 Å². The van der Waals surface area contributed by atoms with Crippen molar-refractivity contribution >= 4 is 13.9 Å². The summed E-state index contributed by atoms with van der Waals surface area (Å²) in [6, 6.07) is 17.0. The maximum Gasteiger partial charge on any atom is 0.437 e. The van der Waals surface area contributed by atoms with Crippen molar-refractivity contribution in [2.75, 3.05) is 5.09 Å². The van der Waals surface area contributed by atoms with Crippen LogP contribution in [0.25, 0.3) is 11.1 Å². The summed E-state index contributed by atoms with van der Waals surface area (Å²) >= 11 is 0. The van der Waals surface area contributed by atoms with Gasteiger partial charge >= 0.3 is 8.18 Å². The van der Waals surface area contributed by atoms with Gasteiger partial charge in [-0.2, -0.15) is 5.09 Å². The van der Waals surface area contributed by atoms with Gasteiger partial charge in [-0.25, -0.2) is 0 Å². The summed E-state index contributed by atoms with van der Waals surface area (Å²) in [4.78, 5) is 10.7. The molecule has 1 N–H and O–H groups in total. The third-order valence-electron chi connectivity index (χ3n) is 2.22. The van der Waals surface area contributed by atoms with Crippen LogP contribution in [0, 0.1) is 0 Å². The quantitative estimate of drug-likeness (QED) is 0.826. The molecule has 0 aliphatic heterocycles. The van der Waals surface area contributed by atoms with E-state index in [1.165, 1.54) is 0 Å². The Labute approximate surface area is 94.7 Å². The van der Waals surface area contributed by atoms with Crippen molar-refractivity contribution in [1.82, 2.24) is 0 Å². The van der Waals surface area contributed by atoms with Gasteiger partial charge in [0.2, 0.25) is 0 Å². The summed E-state index contributed by atoms with van der Waals surface area (Å²) in [7, 11) is -2.63. The lowest BCUT2D eigenvalue weighted by molar-refractivity contribution is -0.162. The molecule has 0 spiro atoms. The van der Waals surface area contributed by atoms with Crippen molar-refractivity contribution in [3.8, 4) is 11.1 Å². The first-order valence-electron chi connectivity index (χ1n) is 4.83. The molecule has 0 heterocycles. The fourth-order valence-corrected chi connectivity index (χ4v) is 1.94. The van der Waals surface area contributed by atoms with Gasteiger partial charge in [-0.3, -0.25) is 0 Å². The first-order valence-corrected chi connectivity index (χ1v) is 6.00. The van der Waals surface area contributed by atoms with Crippen LogP contribution in [0.2, 0.25) is 0 Å². The summed E-state index contributed by atoms with van der Waals surface area (Å²) in [5.74, 6) is 0. The highest BCUT2D eigenvalue weighted by molar-refractivity contribution is 7.38. The van der Waals surface area contributed by atoms with Crippen LogP contribution in [0.1, 0.15) is 0 Å². The van der Waals surface area contributed by atoms with E-state index in [9.17, 15) is 9.46 Å². The fourth-order valence-electron chi connectivity index (χ4n) is 1.55. The minimum absolute atomic E-state index is 0.602. The zero-order chi connectivity index (χ0) is 11.4. The van der Waals surface area contributed by atoms with Crippen molar-refractivity contribution in [1.29, 1.82) is 0 Å². The van der Waals surface area contributed by atoms with Gasteiger partial charge in [-0.05, 0) is 16.2 Å². The van der Waals surface area contributed by atoms with E-state index in [1.54, 1.807) is 12.1 Å². The summed E-state index contributed by atoms with van der Waals surface area (Å²) in [6.07, 6.45) is 0. The monoisotopic (exact) mass is 231 g/mol. The lowest BCUT2D eigenvalue weighted by atomic mass is 10.0. The van der Waals surface area contributed by atoms with Crippen LogP contribution in [0.3, 0.4) is 0 Å². The summed E-state index contributed by atoms with van der Waals surface area (Å²) in [5, 5.41) is 2.43. The summed E-state index contributed by atoms with van der Waals surface area (Å²) in [6.45, 7) is 0. The Bertz CT molecular complexity index is 499. The van der Waals surface area contributed by atoms with Crippen molar-refractivity contribution in [3.05, 3.63) is 54.6 Å². The average molecular weight is 231 g/mol. The molecule has 0 bridgehead atoms. The third-order valence-corrected chi connectivity index (χ3v) is 2.65. The Kier molecular flexibility index (Phi) is 3.30. The topological polar surface area (TPSA) is 52.2 Å². The van der Waals surface area contributed by atoms with Crippen LogP contribution >= 0.6 is 8.18 Å². The molecule has 2 aromatic carbocycles. The van der Waals surface area contributed by atoms with Crippen molar-refractivity contribution in [2.24, 2.45) is 0 Å². The molecule has 1 atom stereocenters. The van der Waals surface area contributed by atoms with Gasteiger partial charge in [-0.1, -0.05) is 48.5 Å². The Balaban J connectivity index is 2.44. The van der Waals surface area contributed by atoms with Crippen LogP contribution < -0.4 is 9.98 Å². The molecule has 4 heteroatoms. The van der Waals surface area contributed by atoms with Gasteiger partial charge in [-0.15, -0.1) is 0 Å². The van der Waals surface area contributed by atoms with E-state index in [0.717, 1.165) is 11.1 Å². The van der Waals surface area contributed by atoms with Crippen LogP contribution in [0.15, 0.2) is 54.6 Å². The molecule has 80 valence electrons. The zero-order valence-electron chi connectivity index (χ0n) is 8.46. The second-order valence-corrected chi connectivity index (χ2v) is 4.02. The highest BCUT2D eigenvalue weighted by atomic mass is 31.1. The van der Waals surface area contributed by atoms with E-state index >= 15 is 0 Å². The van der Waals surface area contributed by atoms with E-state index < -0.39 is 8.18 Å². The molecule has 0 aliphatic rings. The zero-order valence-corrected chi connectivity index (χ0v) is 9.35. The Morgan fingerprint density at radius 2 is 1.56 bits per heavy atom. The fraction of sp³-hybridized carbons (Fsp3) is 0. The van der Waals surface area contributed by atoms with Crippen LogP contribution in [-0.4, -0.2) is 0 Å². The molecule has 3 nitrogen and oxygen atoms in total. The molecule has 0 saturated heterocycles. The van der Waals surface area contributed by atoms with E-state index in [0.29, 0.717) is 5.69 Å². The number of para-hydroxylation sites is 1. The van der Waals surface area contributed by atoms with Gasteiger partial charge in [0.15, 0.2) is 0 Å². The Morgan fingerprint density at radius 1 is 0.938 bits per heavy atom. The highest BCUT2D eigenvalue weighted by Crippen LogP contribution is 2.30. The second-order valence-electron chi connectivity index (χ2n) is 3.28. The van der Waals surface area contributed by atoms with E-state index in [2.05, 4.69) is 5.09 Å². The largest absolute Gasteiger partial charge is 0.573 e. The number of rotatable bonds is 3. The van der Waals surface area contributed by atoms with Gasteiger partial charge in [0.05, 0.1) is 5.69 Å². The minimum atomic E-state index is -2.63. The maximum absolute atomic E-state index is 10.7. The Hall–Kier alpha value is -1.70. The lowest BCUT2D eigenvalue weighted by Gasteiger charge is -2.06. The molecule has 0 aliphatic carbocycles. The predicted octanol–water partition coefficient (Wildman–Crippen LogP) is 2.78. The van der Waals surface area contributed by atoms with E-state index in [1.807, 2.05) is 42.5 Å². The van der Waals surface area contributed by atoms with Crippen molar-refractivity contribution in [3.63, 3.8) is 0 Å². The Morgan fingerprint density at radius 3 is 2.25 bits per heavy atom. The first kappa shape index (κ1) is 10.8. The molecule has 16 heavy (non-hydrogen) atoms. The first-order chi connectivity index (χ1) is 7.77. The van der Waals surface area contributed by atoms with Crippen LogP contribution in [0.5, 0.6) is 0 Å². The summed E-state index contributed by atoms with van der Waals surface area (Å²) in [5.41, 5.74) is 2.47. The normalized spacial score (nSPS) is 10.9. The molecule has 2 aromatic rings. The molecule has 1 unspecified atom stereocenters. The van der Waals surface area contributed by atoms with Gasteiger partial charge < -0.3 is 4.89 Å². The summed E-state index contributed by atoms with van der Waals surface area (Å²) < 4.78 is 10.7. The highest BCUT2D eigenvalue weighted by Gasteiger charge is 2.08. The second kappa shape index (κ2) is 4.88. The predicted molar refractivity (Wildman–Crippen MR) is 63.1 cm³/mol. The number of nitrogens with one attached hydrogen (secondary N) is 1. The molecular weight excluding hydrogens is 221 g/mol. The molecule has 0 fully saturated rings. The smallest absolute Gasteiger partial charge is 0.437 e. The number of anilines is 1. The number of hydrogen-bond acceptors (Lipinski definition) is 2. The standard InChI is InChI=1S/C12H10NO2P/c14-16(15)13-12-9-5-4-8-11(12)10-6-2-1-3-7-10/h1-9H,(H,13,14,15). The third kappa shape index (κ3) is 2.45. The number of benzene rings is 2. The van der Waals surface area contributed by atoms with Crippen molar-refractivity contribution in [2.45, 2.75) is 0 Å². The van der Waals surface area contributed by atoms with Gasteiger partial charge in [0.1, 0.15) is 0 Å². The number of hydrogen-bond donors (Lipinski definition) is 1. The molecule has 0 aromatic heterocycles. The molecule has 0 radical (unpaired) electrons. The van der Waals surface area contributed by atoms with Crippen molar-refractivity contribution < 1.29 is 9.46 Å². The van der Waals surface area contributed by atoms with Gasteiger partial charge in [0, 0.05) is 5.56 Å². The minimum Gasteiger partial charge on any atom is -0.573 e. The molecule has 0 saturated carbocycles.